The molecule has 0 amide bonds. The Morgan fingerprint density at radius 2 is 0.606 bits per heavy atom. The van der Waals surface area contributed by atoms with Gasteiger partial charge in [0.25, 0.3) is 0 Å². The highest BCUT2D eigenvalue weighted by molar-refractivity contribution is 7.47. The van der Waals surface area contributed by atoms with E-state index in [-0.39, 0.29) is 32.0 Å². The molecule has 0 aliphatic carbocycles. The van der Waals surface area contributed by atoms with E-state index in [1.807, 2.05) is 21.1 Å². The molecule has 0 aliphatic heterocycles. The van der Waals surface area contributed by atoms with Crippen LogP contribution >= 0.6 is 7.82 Å². The summed E-state index contributed by atoms with van der Waals surface area (Å²) in [5, 5.41) is 0. The SMILES string of the molecule is CC/C=C\C/C=C\C/C=C\C/C=C\C/C=C\C/C=C\C/C=C\C/C=C\C/C=C\C/C=C\C/C=C\C/C=C\CCCCC(=O)OC(COC(=O)CCCCCCCCCCCCCCCCCC/C=C\C/C=C\C/C=C\CCCCCCC)COP(=O)(O)OCC[N+](C)(C)C. The zero-order valence-corrected chi connectivity index (χ0v) is 61.5. The summed E-state index contributed by atoms with van der Waals surface area (Å²) < 4.78 is 34.7. The maximum absolute atomic E-state index is 12.9. The number of ether oxygens (including phenoxy) is 2. The van der Waals surface area contributed by atoms with Crippen LogP contribution in [0.4, 0.5) is 0 Å². The summed E-state index contributed by atoms with van der Waals surface area (Å²) in [5.74, 6) is -0.856. The number of phosphoric ester groups is 1. The second kappa shape index (κ2) is 72.4. The molecule has 0 aromatic rings. The van der Waals surface area contributed by atoms with E-state index < -0.39 is 26.5 Å². The highest BCUT2D eigenvalue weighted by Gasteiger charge is 2.27. The molecule has 1 N–H and O–H groups in total. The van der Waals surface area contributed by atoms with Crippen molar-refractivity contribution in [3.8, 4) is 0 Å². The van der Waals surface area contributed by atoms with Gasteiger partial charge in [0.05, 0.1) is 27.7 Å². The molecule has 532 valence electrons. The van der Waals surface area contributed by atoms with Crippen molar-refractivity contribution in [3.05, 3.63) is 182 Å². The van der Waals surface area contributed by atoms with E-state index in [1.54, 1.807) is 0 Å². The molecule has 0 saturated heterocycles. The Balaban J connectivity index is 4.17. The van der Waals surface area contributed by atoms with Gasteiger partial charge in [0.1, 0.15) is 19.8 Å². The summed E-state index contributed by atoms with van der Waals surface area (Å²) in [6, 6.07) is 0. The topological polar surface area (TPSA) is 108 Å². The smallest absolute Gasteiger partial charge is 0.462 e. The number of esters is 2. The Morgan fingerprint density at radius 1 is 0.340 bits per heavy atom. The van der Waals surface area contributed by atoms with Crippen LogP contribution in [0, 0.1) is 0 Å². The van der Waals surface area contributed by atoms with Gasteiger partial charge >= 0.3 is 19.8 Å². The molecular weight excluding hydrogens is 1180 g/mol. The van der Waals surface area contributed by atoms with Crippen molar-refractivity contribution in [2.24, 2.45) is 0 Å². The molecule has 0 saturated carbocycles. The van der Waals surface area contributed by atoms with Gasteiger partial charge in [-0.3, -0.25) is 18.6 Å². The van der Waals surface area contributed by atoms with Crippen molar-refractivity contribution in [2.75, 3.05) is 47.5 Å². The van der Waals surface area contributed by atoms with Gasteiger partial charge in [-0.15, -0.1) is 0 Å². The Morgan fingerprint density at radius 3 is 0.926 bits per heavy atom. The zero-order chi connectivity index (χ0) is 68.3. The summed E-state index contributed by atoms with van der Waals surface area (Å²) >= 11 is 0. The fraction of sp³-hybridized carbons (Fsp3) is 0.619. The van der Waals surface area contributed by atoms with Crippen molar-refractivity contribution in [1.29, 1.82) is 0 Å². The largest absolute Gasteiger partial charge is 0.472 e. The molecular formula is C84H139NO8P+. The third kappa shape index (κ3) is 76.1. The molecule has 0 rings (SSSR count). The summed E-state index contributed by atoms with van der Waals surface area (Å²) in [6.45, 7) is 4.25. The van der Waals surface area contributed by atoms with Gasteiger partial charge in [0, 0.05) is 12.8 Å². The number of unbranched alkanes of at least 4 members (excludes halogenated alkanes) is 23. The van der Waals surface area contributed by atoms with Crippen molar-refractivity contribution in [3.63, 3.8) is 0 Å². The van der Waals surface area contributed by atoms with E-state index in [4.69, 9.17) is 18.5 Å². The Kier molecular flexibility index (Phi) is 68.6. The van der Waals surface area contributed by atoms with Crippen molar-refractivity contribution < 1.29 is 42.1 Å². The van der Waals surface area contributed by atoms with Crippen LogP contribution in [0.25, 0.3) is 0 Å². The summed E-state index contributed by atoms with van der Waals surface area (Å²) in [6.07, 6.45) is 112. The lowest BCUT2D eigenvalue weighted by Gasteiger charge is -2.24. The van der Waals surface area contributed by atoms with Gasteiger partial charge in [-0.2, -0.15) is 0 Å². The van der Waals surface area contributed by atoms with Crippen LogP contribution in [0.1, 0.15) is 284 Å². The van der Waals surface area contributed by atoms with E-state index in [0.717, 1.165) is 122 Å². The number of carbonyl (C=O) groups is 2. The number of quaternary nitrogens is 1. The molecule has 0 spiro atoms. The zero-order valence-electron chi connectivity index (χ0n) is 60.6. The van der Waals surface area contributed by atoms with Gasteiger partial charge in [0.2, 0.25) is 0 Å². The standard InChI is InChI=1S/C84H138NO8P/c1-6-8-10-12-14-16-18-20-22-24-26-28-30-32-34-36-38-39-40-41-42-43-44-45-47-49-51-53-55-57-59-61-63-65-67-69-71-73-75-77-84(87)93-82(81-92-94(88,89)91-79-78-85(3,4)5)80-90-83(86)76-74-72-70-68-66-64-62-60-58-56-54-52-50-48-46-37-35-33-31-29-27-25-23-21-19-17-15-13-11-9-7-2/h8,10,14,16,19-22,25-28,31-34,38-39,41-42,44-45,49,51,55,57,61,63,67,69,82H,6-7,9,11-13,15,17-18,23-24,29-30,35-37,40,43,46-48,50,52-54,56,58-60,62,64-66,68,70-81H2,1-5H3/p+1/b10-8-,16-14-,21-19-,22-20-,27-25-,28-26-,33-31-,34-32-,39-38-,42-41-,45-44-,51-49-,57-55-,63-61-,69-67-. The predicted octanol–water partition coefficient (Wildman–Crippen LogP) is 25.0. The molecule has 0 aromatic heterocycles. The van der Waals surface area contributed by atoms with Crippen LogP contribution in [-0.4, -0.2) is 74.9 Å². The third-order valence-corrected chi connectivity index (χ3v) is 16.4. The minimum Gasteiger partial charge on any atom is -0.462 e. The first-order valence-electron chi connectivity index (χ1n) is 37.5. The maximum atomic E-state index is 12.9. The molecule has 10 heteroatoms. The van der Waals surface area contributed by atoms with Crippen molar-refractivity contribution in [2.45, 2.75) is 290 Å². The third-order valence-electron chi connectivity index (χ3n) is 15.4. The molecule has 2 unspecified atom stereocenters. The predicted molar refractivity (Wildman–Crippen MR) is 408 cm³/mol. The van der Waals surface area contributed by atoms with E-state index >= 15 is 0 Å². The van der Waals surface area contributed by atoms with Crippen LogP contribution in [0.3, 0.4) is 0 Å². The fourth-order valence-electron chi connectivity index (χ4n) is 9.71. The van der Waals surface area contributed by atoms with E-state index in [1.165, 1.54) is 128 Å². The average molecular weight is 1320 g/mol. The Hall–Kier alpha value is -4.89. The molecule has 0 radical (unpaired) electrons. The molecule has 0 fully saturated rings. The molecule has 0 heterocycles. The van der Waals surface area contributed by atoms with Crippen LogP contribution in [0.5, 0.6) is 0 Å². The lowest BCUT2D eigenvalue weighted by atomic mass is 10.0. The number of nitrogens with zero attached hydrogens (tertiary/aromatic N) is 1. The Bertz CT molecular complexity index is 2240. The highest BCUT2D eigenvalue weighted by Crippen LogP contribution is 2.43. The number of rotatable bonds is 67. The van der Waals surface area contributed by atoms with E-state index in [2.05, 4.69) is 196 Å². The number of allylic oxidation sites excluding steroid dienone is 30. The minimum atomic E-state index is -4.42. The second-order valence-corrected chi connectivity index (χ2v) is 27.0. The van der Waals surface area contributed by atoms with Gasteiger partial charge in [-0.25, -0.2) is 4.57 Å². The van der Waals surface area contributed by atoms with E-state index in [9.17, 15) is 19.0 Å². The number of hydrogen-bond donors (Lipinski definition) is 1. The number of likely N-dealkylation sites (N-methyl/N-ethyl adjacent to an activating group) is 1. The second-order valence-electron chi connectivity index (χ2n) is 25.6. The molecule has 0 aliphatic rings. The normalized spacial score (nSPS) is 14.1. The summed E-state index contributed by atoms with van der Waals surface area (Å²) in [5.41, 5.74) is 0. The lowest BCUT2D eigenvalue weighted by molar-refractivity contribution is -0.870. The molecule has 0 bridgehead atoms. The number of phosphoric acid groups is 1. The number of carbonyl (C=O) groups excluding carboxylic acids is 2. The quantitative estimate of drug-likeness (QED) is 0.0211. The monoisotopic (exact) mass is 1320 g/mol. The first kappa shape index (κ1) is 89.1. The average Bonchev–Trinajstić information content (AvgIpc) is 1.56. The van der Waals surface area contributed by atoms with Gasteiger partial charge in [0.15, 0.2) is 6.10 Å². The Labute approximate surface area is 578 Å². The molecule has 9 nitrogen and oxygen atoms in total. The van der Waals surface area contributed by atoms with Crippen LogP contribution in [-0.2, 0) is 32.7 Å². The van der Waals surface area contributed by atoms with Crippen LogP contribution in [0.2, 0.25) is 0 Å². The summed E-state index contributed by atoms with van der Waals surface area (Å²) in [4.78, 5) is 35.9. The van der Waals surface area contributed by atoms with Crippen LogP contribution in [0.15, 0.2) is 182 Å². The lowest BCUT2D eigenvalue weighted by Crippen LogP contribution is -2.37. The highest BCUT2D eigenvalue weighted by atomic mass is 31.2. The molecule has 94 heavy (non-hydrogen) atoms. The van der Waals surface area contributed by atoms with Gasteiger partial charge < -0.3 is 18.9 Å². The first-order valence-corrected chi connectivity index (χ1v) is 39.0. The summed E-state index contributed by atoms with van der Waals surface area (Å²) in [7, 11) is 1.43. The van der Waals surface area contributed by atoms with Crippen LogP contribution < -0.4 is 0 Å². The van der Waals surface area contributed by atoms with Crippen molar-refractivity contribution in [1.82, 2.24) is 0 Å². The first-order chi connectivity index (χ1) is 46.0. The van der Waals surface area contributed by atoms with E-state index in [0.29, 0.717) is 17.4 Å². The molecule has 0 aromatic carbocycles. The maximum Gasteiger partial charge on any atom is 0.472 e. The fourth-order valence-corrected chi connectivity index (χ4v) is 10.5. The van der Waals surface area contributed by atoms with Gasteiger partial charge in [-0.05, 0) is 141 Å². The van der Waals surface area contributed by atoms with Crippen molar-refractivity contribution >= 4 is 19.8 Å². The van der Waals surface area contributed by atoms with Gasteiger partial charge in [-0.1, -0.05) is 312 Å². The minimum absolute atomic E-state index is 0.0141. The molecule has 2 atom stereocenters. The number of hydrogen-bond acceptors (Lipinski definition) is 7.